The molecule has 0 heterocycles. The number of carbonyl (C=O) groups is 1. The molecule has 0 saturated carbocycles. The van der Waals surface area contributed by atoms with Gasteiger partial charge in [0.15, 0.2) is 0 Å². The topological polar surface area (TPSA) is 66.5 Å². The van der Waals surface area contributed by atoms with E-state index in [9.17, 15) is 13.2 Å². The van der Waals surface area contributed by atoms with Gasteiger partial charge in [-0.3, -0.25) is 9.10 Å². The quantitative estimate of drug-likeness (QED) is 0.781. The average molecular weight is 395 g/mol. The van der Waals surface area contributed by atoms with Crippen molar-refractivity contribution in [2.45, 2.75) is 32.9 Å². The van der Waals surface area contributed by atoms with Crippen LogP contribution in [0.4, 0.5) is 5.69 Å². The lowest BCUT2D eigenvalue weighted by atomic mass is 10.1. The lowest BCUT2D eigenvalue weighted by Gasteiger charge is -2.30. The molecule has 0 spiro atoms. The standard InChI is InChI=1S/C19H23ClN2O3S/c1-4-18(19(23)21-13-15-8-5-7-14(2)11-15)22(26(3,24)25)17-10-6-9-16(20)12-17/h5-12,18H,4,13H2,1-3H3,(H,21,23)/t18-/m1/s1. The number of rotatable bonds is 7. The lowest BCUT2D eigenvalue weighted by molar-refractivity contribution is -0.122. The number of aryl methyl sites for hydroxylation is 1. The Bertz CT molecular complexity index is 884. The summed E-state index contributed by atoms with van der Waals surface area (Å²) in [7, 11) is -3.67. The van der Waals surface area contributed by atoms with Crippen LogP contribution >= 0.6 is 11.6 Å². The number of hydrogen-bond acceptors (Lipinski definition) is 3. The smallest absolute Gasteiger partial charge is 0.244 e. The van der Waals surface area contributed by atoms with Gasteiger partial charge in [-0.05, 0) is 37.1 Å². The summed E-state index contributed by atoms with van der Waals surface area (Å²) in [5.41, 5.74) is 2.43. The van der Waals surface area contributed by atoms with Crippen LogP contribution in [0, 0.1) is 6.92 Å². The van der Waals surface area contributed by atoms with Crippen LogP contribution in [0.25, 0.3) is 0 Å². The molecule has 0 saturated heterocycles. The second-order valence-electron chi connectivity index (χ2n) is 6.17. The highest BCUT2D eigenvalue weighted by Gasteiger charge is 2.31. The predicted octanol–water partition coefficient (Wildman–Crippen LogP) is 3.51. The molecule has 0 radical (unpaired) electrons. The molecule has 0 aliphatic rings. The van der Waals surface area contributed by atoms with Crippen molar-refractivity contribution in [3.8, 4) is 0 Å². The zero-order valence-electron chi connectivity index (χ0n) is 15.1. The minimum absolute atomic E-state index is 0.333. The van der Waals surface area contributed by atoms with Crippen molar-refractivity contribution < 1.29 is 13.2 Å². The third-order valence-electron chi connectivity index (χ3n) is 3.94. The molecule has 0 aliphatic carbocycles. The number of benzene rings is 2. The van der Waals surface area contributed by atoms with Gasteiger partial charge in [0.05, 0.1) is 11.9 Å². The summed E-state index contributed by atoms with van der Waals surface area (Å²) in [4.78, 5) is 12.7. The van der Waals surface area contributed by atoms with Crippen LogP contribution in [0.2, 0.25) is 5.02 Å². The number of nitrogens with zero attached hydrogens (tertiary/aromatic N) is 1. The number of amides is 1. The van der Waals surface area contributed by atoms with E-state index >= 15 is 0 Å². The van der Waals surface area contributed by atoms with E-state index in [0.29, 0.717) is 23.7 Å². The number of anilines is 1. The minimum Gasteiger partial charge on any atom is -0.350 e. The highest BCUT2D eigenvalue weighted by Crippen LogP contribution is 2.25. The van der Waals surface area contributed by atoms with Crippen molar-refractivity contribution >= 4 is 33.2 Å². The summed E-state index contributed by atoms with van der Waals surface area (Å²) in [5.74, 6) is -0.348. The van der Waals surface area contributed by atoms with Crippen LogP contribution in [0.5, 0.6) is 0 Å². The van der Waals surface area contributed by atoms with Crippen molar-refractivity contribution in [1.82, 2.24) is 5.32 Å². The molecular formula is C19H23ClN2O3S. The number of hydrogen-bond donors (Lipinski definition) is 1. The lowest BCUT2D eigenvalue weighted by Crippen LogP contribution is -2.49. The Morgan fingerprint density at radius 2 is 1.88 bits per heavy atom. The maximum absolute atomic E-state index is 12.7. The van der Waals surface area contributed by atoms with Crippen LogP contribution in [-0.2, 0) is 21.4 Å². The van der Waals surface area contributed by atoms with E-state index in [1.807, 2.05) is 31.2 Å². The monoisotopic (exact) mass is 394 g/mol. The highest BCUT2D eigenvalue weighted by atomic mass is 35.5. The molecule has 0 aromatic heterocycles. The molecule has 2 aromatic rings. The number of nitrogens with one attached hydrogen (secondary N) is 1. The Labute approximate surface area is 160 Å². The van der Waals surface area contributed by atoms with Gasteiger partial charge in [0, 0.05) is 11.6 Å². The van der Waals surface area contributed by atoms with Crippen LogP contribution in [-0.4, -0.2) is 26.6 Å². The molecule has 2 rings (SSSR count). The second-order valence-corrected chi connectivity index (χ2v) is 8.47. The van der Waals surface area contributed by atoms with Crippen molar-refractivity contribution in [2.75, 3.05) is 10.6 Å². The zero-order valence-corrected chi connectivity index (χ0v) is 16.6. The van der Waals surface area contributed by atoms with Crippen LogP contribution in [0.3, 0.4) is 0 Å². The number of sulfonamides is 1. The normalized spacial score (nSPS) is 12.5. The molecule has 7 heteroatoms. The van der Waals surface area contributed by atoms with Crippen LogP contribution in [0.15, 0.2) is 48.5 Å². The maximum Gasteiger partial charge on any atom is 0.244 e. The van der Waals surface area contributed by atoms with Crippen molar-refractivity contribution in [2.24, 2.45) is 0 Å². The van der Waals surface area contributed by atoms with E-state index in [0.717, 1.165) is 21.7 Å². The number of halogens is 1. The molecule has 1 N–H and O–H groups in total. The van der Waals surface area contributed by atoms with E-state index in [1.165, 1.54) is 0 Å². The average Bonchev–Trinajstić information content (AvgIpc) is 2.56. The Morgan fingerprint density at radius 1 is 1.19 bits per heavy atom. The van der Waals surface area contributed by atoms with Crippen molar-refractivity contribution in [3.05, 3.63) is 64.7 Å². The van der Waals surface area contributed by atoms with Gasteiger partial charge in [0.25, 0.3) is 0 Å². The van der Waals surface area contributed by atoms with Crippen molar-refractivity contribution in [1.29, 1.82) is 0 Å². The molecule has 0 fully saturated rings. The Hall–Kier alpha value is -2.05. The van der Waals surface area contributed by atoms with Gasteiger partial charge in [-0.2, -0.15) is 0 Å². The van der Waals surface area contributed by atoms with Gasteiger partial charge in [-0.1, -0.05) is 54.4 Å². The fourth-order valence-corrected chi connectivity index (χ4v) is 4.19. The fourth-order valence-electron chi connectivity index (χ4n) is 2.80. The van der Waals surface area contributed by atoms with Gasteiger partial charge in [-0.15, -0.1) is 0 Å². The summed E-state index contributed by atoms with van der Waals surface area (Å²) >= 11 is 6.00. The molecule has 2 aromatic carbocycles. The largest absolute Gasteiger partial charge is 0.350 e. The van der Waals surface area contributed by atoms with E-state index in [4.69, 9.17) is 11.6 Å². The first-order valence-corrected chi connectivity index (χ1v) is 10.5. The molecule has 1 atom stereocenters. The van der Waals surface area contributed by atoms with E-state index in [-0.39, 0.29) is 5.91 Å². The number of carbonyl (C=O) groups excluding carboxylic acids is 1. The van der Waals surface area contributed by atoms with Crippen LogP contribution < -0.4 is 9.62 Å². The molecule has 0 bridgehead atoms. The minimum atomic E-state index is -3.67. The summed E-state index contributed by atoms with van der Waals surface area (Å²) in [6, 6.07) is 13.4. The van der Waals surface area contributed by atoms with E-state index < -0.39 is 16.1 Å². The molecule has 1 amide bonds. The first-order valence-electron chi connectivity index (χ1n) is 8.30. The molecule has 0 unspecified atom stereocenters. The van der Waals surface area contributed by atoms with Gasteiger partial charge >= 0.3 is 0 Å². The third kappa shape index (κ3) is 5.22. The van der Waals surface area contributed by atoms with E-state index in [1.54, 1.807) is 31.2 Å². The third-order valence-corrected chi connectivity index (χ3v) is 5.36. The predicted molar refractivity (Wildman–Crippen MR) is 106 cm³/mol. The Morgan fingerprint density at radius 3 is 2.46 bits per heavy atom. The zero-order chi connectivity index (χ0) is 19.3. The van der Waals surface area contributed by atoms with Gasteiger partial charge in [0.2, 0.25) is 15.9 Å². The summed E-state index contributed by atoms with van der Waals surface area (Å²) < 4.78 is 25.9. The van der Waals surface area contributed by atoms with Crippen LogP contribution in [0.1, 0.15) is 24.5 Å². The van der Waals surface area contributed by atoms with Gasteiger partial charge < -0.3 is 5.32 Å². The molecule has 0 aliphatic heterocycles. The molecule has 5 nitrogen and oxygen atoms in total. The summed E-state index contributed by atoms with van der Waals surface area (Å²) in [6.07, 6.45) is 1.42. The highest BCUT2D eigenvalue weighted by molar-refractivity contribution is 7.92. The first kappa shape index (κ1) is 20.3. The van der Waals surface area contributed by atoms with Gasteiger partial charge in [-0.25, -0.2) is 8.42 Å². The fraction of sp³-hybridized carbons (Fsp3) is 0.316. The van der Waals surface area contributed by atoms with E-state index in [2.05, 4.69) is 5.32 Å². The van der Waals surface area contributed by atoms with Crippen molar-refractivity contribution in [3.63, 3.8) is 0 Å². The molecule has 140 valence electrons. The Balaban J connectivity index is 2.25. The maximum atomic E-state index is 12.7. The molecular weight excluding hydrogens is 372 g/mol. The summed E-state index contributed by atoms with van der Waals surface area (Å²) in [6.45, 7) is 4.09. The first-order chi connectivity index (χ1) is 12.2. The second kappa shape index (κ2) is 8.56. The Kier molecular flexibility index (Phi) is 6.67. The SMILES string of the molecule is CC[C@H](C(=O)NCc1cccc(C)c1)N(c1cccc(Cl)c1)S(C)(=O)=O. The van der Waals surface area contributed by atoms with Gasteiger partial charge in [0.1, 0.15) is 6.04 Å². The summed E-state index contributed by atoms with van der Waals surface area (Å²) in [5, 5.41) is 3.24. The molecule has 26 heavy (non-hydrogen) atoms.